The molecule has 2 aromatic rings. The van der Waals surface area contributed by atoms with Crippen molar-refractivity contribution in [3.05, 3.63) is 65.2 Å². The van der Waals surface area contributed by atoms with Crippen LogP contribution in [-0.4, -0.2) is 62.6 Å². The molecule has 162 valence electrons. The molecular formula is C22H29N3O4S. The van der Waals surface area contributed by atoms with Crippen LogP contribution in [0.25, 0.3) is 0 Å². The molecular weight excluding hydrogens is 402 g/mol. The predicted molar refractivity (Wildman–Crippen MR) is 117 cm³/mol. The number of rotatable bonds is 8. The van der Waals surface area contributed by atoms with Crippen molar-refractivity contribution in [1.82, 2.24) is 14.5 Å². The lowest BCUT2D eigenvalue weighted by atomic mass is 10.1. The van der Waals surface area contributed by atoms with Crippen LogP contribution in [0.2, 0.25) is 0 Å². The van der Waals surface area contributed by atoms with Crippen molar-refractivity contribution in [3.8, 4) is 5.75 Å². The third-order valence-corrected chi connectivity index (χ3v) is 7.20. The van der Waals surface area contributed by atoms with Crippen molar-refractivity contribution >= 4 is 15.9 Å². The Bertz CT molecular complexity index is 970. The number of sulfonamides is 1. The molecule has 0 aromatic heterocycles. The minimum absolute atomic E-state index is 0.137. The highest BCUT2D eigenvalue weighted by Crippen LogP contribution is 2.17. The second-order valence-corrected chi connectivity index (χ2v) is 9.53. The van der Waals surface area contributed by atoms with Crippen LogP contribution in [0.4, 0.5) is 0 Å². The highest BCUT2D eigenvalue weighted by molar-refractivity contribution is 7.89. The van der Waals surface area contributed by atoms with Crippen LogP contribution in [0.1, 0.15) is 28.4 Å². The van der Waals surface area contributed by atoms with E-state index in [1.165, 1.54) is 0 Å². The van der Waals surface area contributed by atoms with E-state index >= 15 is 0 Å². The SMILES string of the molecule is CCS(=O)(=O)N1CCN(Cc2cccc(C(=O)NCc3ccccc3OC)c2)CC1. The van der Waals surface area contributed by atoms with Gasteiger partial charge in [0.15, 0.2) is 0 Å². The third kappa shape index (κ3) is 5.59. The average molecular weight is 432 g/mol. The molecule has 1 N–H and O–H groups in total. The third-order valence-electron chi connectivity index (χ3n) is 5.32. The van der Waals surface area contributed by atoms with Gasteiger partial charge in [0, 0.05) is 50.4 Å². The highest BCUT2D eigenvalue weighted by Gasteiger charge is 2.25. The molecule has 0 bridgehead atoms. The first-order chi connectivity index (χ1) is 14.4. The van der Waals surface area contributed by atoms with Gasteiger partial charge in [-0.15, -0.1) is 0 Å². The molecule has 0 unspecified atom stereocenters. The number of amides is 1. The standard InChI is InChI=1S/C22H29N3O4S/c1-3-30(27,28)25-13-11-24(12-14-25)17-18-7-6-9-19(15-18)22(26)23-16-20-8-4-5-10-21(20)29-2/h4-10,15H,3,11-14,16-17H2,1-2H3,(H,23,26). The fraction of sp³-hybridized carbons (Fsp3) is 0.409. The van der Waals surface area contributed by atoms with Crippen molar-refractivity contribution in [1.29, 1.82) is 0 Å². The van der Waals surface area contributed by atoms with Crippen LogP contribution in [0.5, 0.6) is 5.75 Å². The van der Waals surface area contributed by atoms with Gasteiger partial charge >= 0.3 is 0 Å². The minimum atomic E-state index is -3.13. The quantitative estimate of drug-likeness (QED) is 0.693. The van der Waals surface area contributed by atoms with Gasteiger partial charge in [-0.05, 0) is 30.7 Å². The van der Waals surface area contributed by atoms with Gasteiger partial charge in [0.05, 0.1) is 12.9 Å². The Labute approximate surface area is 178 Å². The summed E-state index contributed by atoms with van der Waals surface area (Å²) in [6, 6.07) is 15.2. The van der Waals surface area contributed by atoms with E-state index in [4.69, 9.17) is 4.74 Å². The largest absolute Gasteiger partial charge is 0.496 e. The molecule has 0 atom stereocenters. The Balaban J connectivity index is 1.56. The molecule has 0 aliphatic carbocycles. The fourth-order valence-electron chi connectivity index (χ4n) is 3.54. The second kappa shape index (κ2) is 10.1. The normalized spacial score (nSPS) is 15.7. The van der Waals surface area contributed by atoms with E-state index in [1.807, 2.05) is 42.5 Å². The van der Waals surface area contributed by atoms with Crippen molar-refractivity contribution in [3.63, 3.8) is 0 Å². The lowest BCUT2D eigenvalue weighted by Gasteiger charge is -2.33. The topological polar surface area (TPSA) is 79.0 Å². The van der Waals surface area contributed by atoms with Gasteiger partial charge in [-0.3, -0.25) is 9.69 Å². The van der Waals surface area contributed by atoms with E-state index in [2.05, 4.69) is 10.2 Å². The highest BCUT2D eigenvalue weighted by atomic mass is 32.2. The molecule has 1 saturated heterocycles. The monoisotopic (exact) mass is 431 g/mol. The van der Waals surface area contributed by atoms with E-state index in [-0.39, 0.29) is 11.7 Å². The van der Waals surface area contributed by atoms with E-state index in [0.29, 0.717) is 44.8 Å². The van der Waals surface area contributed by atoms with E-state index in [9.17, 15) is 13.2 Å². The van der Waals surface area contributed by atoms with Gasteiger partial charge in [-0.2, -0.15) is 4.31 Å². The summed E-state index contributed by atoms with van der Waals surface area (Å²) < 4.78 is 30.9. The molecule has 7 nitrogen and oxygen atoms in total. The lowest BCUT2D eigenvalue weighted by Crippen LogP contribution is -2.48. The summed E-state index contributed by atoms with van der Waals surface area (Å²) in [6.07, 6.45) is 0. The van der Waals surface area contributed by atoms with Crippen molar-refractivity contribution in [2.24, 2.45) is 0 Å². The summed E-state index contributed by atoms with van der Waals surface area (Å²) in [6.45, 7) is 5.14. The molecule has 1 fully saturated rings. The summed E-state index contributed by atoms with van der Waals surface area (Å²) in [5.41, 5.74) is 2.56. The maximum absolute atomic E-state index is 12.6. The Morgan fingerprint density at radius 1 is 1.07 bits per heavy atom. The Kier molecular flexibility index (Phi) is 7.47. The second-order valence-electron chi connectivity index (χ2n) is 7.27. The van der Waals surface area contributed by atoms with Gasteiger partial charge in [0.1, 0.15) is 5.75 Å². The minimum Gasteiger partial charge on any atom is -0.496 e. The smallest absolute Gasteiger partial charge is 0.251 e. The number of nitrogens with zero attached hydrogens (tertiary/aromatic N) is 2. The van der Waals surface area contributed by atoms with Gasteiger partial charge in [0.25, 0.3) is 5.91 Å². The average Bonchev–Trinajstić information content (AvgIpc) is 2.78. The zero-order valence-electron chi connectivity index (χ0n) is 17.5. The van der Waals surface area contributed by atoms with Crippen LogP contribution >= 0.6 is 0 Å². The van der Waals surface area contributed by atoms with Crippen molar-refractivity contribution in [2.45, 2.75) is 20.0 Å². The number of benzene rings is 2. The van der Waals surface area contributed by atoms with Gasteiger partial charge in [-0.1, -0.05) is 30.3 Å². The Morgan fingerprint density at radius 3 is 2.50 bits per heavy atom. The molecule has 1 heterocycles. The molecule has 30 heavy (non-hydrogen) atoms. The predicted octanol–water partition coefficient (Wildman–Crippen LogP) is 2.09. The van der Waals surface area contributed by atoms with Crippen molar-refractivity contribution < 1.29 is 17.9 Å². The van der Waals surface area contributed by atoms with Crippen molar-refractivity contribution in [2.75, 3.05) is 39.0 Å². The maximum atomic E-state index is 12.6. The Hall–Kier alpha value is -2.42. The lowest BCUT2D eigenvalue weighted by molar-refractivity contribution is 0.0950. The van der Waals surface area contributed by atoms with E-state index in [0.717, 1.165) is 16.9 Å². The molecule has 0 saturated carbocycles. The summed E-state index contributed by atoms with van der Waals surface area (Å²) in [5, 5.41) is 2.94. The van der Waals surface area contributed by atoms with Crippen LogP contribution < -0.4 is 10.1 Å². The molecule has 0 spiro atoms. The summed E-state index contributed by atoms with van der Waals surface area (Å²) >= 11 is 0. The molecule has 3 rings (SSSR count). The number of nitrogens with one attached hydrogen (secondary N) is 1. The van der Waals surface area contributed by atoms with E-state index < -0.39 is 10.0 Å². The molecule has 8 heteroatoms. The van der Waals surface area contributed by atoms with Crippen LogP contribution in [0.15, 0.2) is 48.5 Å². The van der Waals surface area contributed by atoms with E-state index in [1.54, 1.807) is 24.4 Å². The maximum Gasteiger partial charge on any atom is 0.251 e. The molecule has 1 aliphatic rings. The van der Waals surface area contributed by atoms with Gasteiger partial charge < -0.3 is 10.1 Å². The van der Waals surface area contributed by atoms with Crippen LogP contribution in [0.3, 0.4) is 0 Å². The number of hydrogen-bond acceptors (Lipinski definition) is 5. The number of hydrogen-bond donors (Lipinski definition) is 1. The number of carbonyl (C=O) groups excluding carboxylic acids is 1. The zero-order valence-corrected chi connectivity index (χ0v) is 18.3. The summed E-state index contributed by atoms with van der Waals surface area (Å²) in [7, 11) is -1.51. The first-order valence-corrected chi connectivity index (χ1v) is 11.7. The fourth-order valence-corrected chi connectivity index (χ4v) is 4.63. The molecule has 1 aliphatic heterocycles. The number of piperazine rings is 1. The molecule has 1 amide bonds. The number of methoxy groups -OCH3 is 1. The first-order valence-electron chi connectivity index (χ1n) is 10.1. The number of ether oxygens (including phenoxy) is 1. The van der Waals surface area contributed by atoms with Gasteiger partial charge in [0.2, 0.25) is 10.0 Å². The molecule has 2 aromatic carbocycles. The Morgan fingerprint density at radius 2 is 1.80 bits per heavy atom. The zero-order chi connectivity index (χ0) is 21.6. The molecule has 0 radical (unpaired) electrons. The number of para-hydroxylation sites is 1. The summed E-state index contributed by atoms with van der Waals surface area (Å²) in [4.78, 5) is 14.8. The number of carbonyl (C=O) groups is 1. The van der Waals surface area contributed by atoms with Crippen LogP contribution in [-0.2, 0) is 23.1 Å². The first kappa shape index (κ1) is 22.3. The summed E-state index contributed by atoms with van der Waals surface area (Å²) in [5.74, 6) is 0.747. The van der Waals surface area contributed by atoms with Gasteiger partial charge in [-0.25, -0.2) is 8.42 Å². The van der Waals surface area contributed by atoms with Crippen LogP contribution in [0, 0.1) is 0 Å².